The number of aliphatic carboxylic acids is 2. The van der Waals surface area contributed by atoms with Gasteiger partial charge in [-0.25, -0.2) is 4.79 Å². The zero-order valence-electron chi connectivity index (χ0n) is 13.5. The van der Waals surface area contributed by atoms with E-state index in [9.17, 15) is 19.5 Å². The molecule has 24 heavy (non-hydrogen) atoms. The van der Waals surface area contributed by atoms with Gasteiger partial charge in [-0.15, -0.1) is 0 Å². The molecule has 0 radical (unpaired) electrons. The Balaban J connectivity index is 0.00000254. The van der Waals surface area contributed by atoms with Gasteiger partial charge in [-0.2, -0.15) is 0 Å². The zero-order valence-corrected chi connectivity index (χ0v) is 13.5. The molecule has 0 aromatic heterocycles. The van der Waals surface area contributed by atoms with Gasteiger partial charge in [0.15, 0.2) is 0 Å². The van der Waals surface area contributed by atoms with Gasteiger partial charge in [-0.1, -0.05) is 0 Å². The van der Waals surface area contributed by atoms with Crippen LogP contribution in [0.1, 0.15) is 26.2 Å². The maximum absolute atomic E-state index is 11.5. The number of hydrogen-bond donors (Lipinski definition) is 5. The molecular weight excluding hydrogens is 328 g/mol. The number of rotatable bonds is 6. The summed E-state index contributed by atoms with van der Waals surface area (Å²) in [6, 6.07) is 0. The summed E-state index contributed by atoms with van der Waals surface area (Å²) < 4.78 is 9.53. The number of carbonyl (C=O) groups excluding carboxylic acids is 1. The Morgan fingerprint density at radius 3 is 2.17 bits per heavy atom. The Hall–Kier alpha value is -1.91. The van der Waals surface area contributed by atoms with Gasteiger partial charge in [0.25, 0.3) is 0 Å². The van der Waals surface area contributed by atoms with Crippen molar-refractivity contribution in [1.29, 1.82) is 0 Å². The van der Waals surface area contributed by atoms with Crippen LogP contribution < -0.4 is 0 Å². The van der Waals surface area contributed by atoms with Gasteiger partial charge >= 0.3 is 18.1 Å². The van der Waals surface area contributed by atoms with Gasteiger partial charge in [0.05, 0.1) is 18.6 Å². The van der Waals surface area contributed by atoms with Crippen LogP contribution in [0.25, 0.3) is 0 Å². The summed E-state index contributed by atoms with van der Waals surface area (Å²) in [6.07, 6.45) is -2.79. The predicted octanol–water partition coefficient (Wildman–Crippen LogP) is -0.554. The third-order valence-corrected chi connectivity index (χ3v) is 3.73. The lowest BCUT2D eigenvalue weighted by Crippen LogP contribution is -2.41. The van der Waals surface area contributed by atoms with Gasteiger partial charge < -0.3 is 35.0 Å². The fourth-order valence-corrected chi connectivity index (χ4v) is 2.03. The quantitative estimate of drug-likeness (QED) is 0.390. The minimum absolute atomic E-state index is 0.0310. The second kappa shape index (κ2) is 10.1. The molecule has 0 aromatic rings. The van der Waals surface area contributed by atoms with Crippen LogP contribution in [0.4, 0.5) is 4.79 Å². The summed E-state index contributed by atoms with van der Waals surface area (Å²) in [5, 5.41) is 43.5. The molecule has 10 heteroatoms. The van der Waals surface area contributed by atoms with E-state index in [1.165, 1.54) is 6.92 Å². The highest BCUT2D eigenvalue weighted by atomic mass is 16.7. The average molecular weight is 352 g/mol. The van der Waals surface area contributed by atoms with E-state index < -0.39 is 54.8 Å². The minimum atomic E-state index is -1.64. The molecule has 0 heterocycles. The van der Waals surface area contributed by atoms with E-state index in [2.05, 4.69) is 4.74 Å². The summed E-state index contributed by atoms with van der Waals surface area (Å²) >= 11 is 0. The number of ether oxygens (including phenoxy) is 2. The number of carbonyl (C=O) groups is 3. The maximum Gasteiger partial charge on any atom is 0.508 e. The lowest BCUT2D eigenvalue weighted by atomic mass is 9.85. The highest BCUT2D eigenvalue weighted by molar-refractivity contribution is 5.75. The van der Waals surface area contributed by atoms with Crippen molar-refractivity contribution in [3.63, 3.8) is 0 Å². The number of carboxylic acid groups (broad SMARTS) is 2. The van der Waals surface area contributed by atoms with Crippen molar-refractivity contribution in [2.45, 2.75) is 38.4 Å². The SMILES string of the molecule is CC(CO)(COC(=O)OC1CCC(C(=O)O)CC1O)C(=O)O.CO. The van der Waals surface area contributed by atoms with Crippen LogP contribution in [0.2, 0.25) is 0 Å². The molecule has 0 aliphatic heterocycles. The van der Waals surface area contributed by atoms with E-state index in [1.54, 1.807) is 0 Å². The Bertz CT molecular complexity index is 437. The van der Waals surface area contributed by atoms with Gasteiger partial charge in [0.1, 0.15) is 18.1 Å². The standard InChI is InChI=1S/C13H20O9.CH4O/c1-13(5-14,11(18)19)6-21-12(20)22-9-3-2-7(10(16)17)4-8(9)15;1-2/h7-9,14-15H,2-6H2,1H3,(H,16,17)(H,18,19);2H,1H3. The first-order valence-corrected chi connectivity index (χ1v) is 7.23. The zero-order chi connectivity index (χ0) is 18.9. The van der Waals surface area contributed by atoms with Crippen molar-refractivity contribution in [2.24, 2.45) is 11.3 Å². The average Bonchev–Trinajstić information content (AvgIpc) is 2.56. The molecule has 0 saturated heterocycles. The van der Waals surface area contributed by atoms with E-state index in [-0.39, 0.29) is 19.3 Å². The lowest BCUT2D eigenvalue weighted by Gasteiger charge is -2.30. The number of hydrogen-bond acceptors (Lipinski definition) is 8. The van der Waals surface area contributed by atoms with Crippen LogP contribution in [-0.2, 0) is 19.1 Å². The molecule has 10 nitrogen and oxygen atoms in total. The largest absolute Gasteiger partial charge is 0.508 e. The fourth-order valence-electron chi connectivity index (χ4n) is 2.03. The van der Waals surface area contributed by atoms with E-state index in [0.29, 0.717) is 0 Å². The van der Waals surface area contributed by atoms with Crippen molar-refractivity contribution in [2.75, 3.05) is 20.3 Å². The third-order valence-electron chi connectivity index (χ3n) is 3.73. The van der Waals surface area contributed by atoms with Crippen molar-refractivity contribution in [1.82, 2.24) is 0 Å². The van der Waals surface area contributed by atoms with E-state index in [1.807, 2.05) is 0 Å². The van der Waals surface area contributed by atoms with Crippen LogP contribution in [0, 0.1) is 11.3 Å². The number of aliphatic hydroxyl groups excluding tert-OH is 3. The first-order valence-electron chi connectivity index (χ1n) is 7.23. The Kier molecular flexibility index (Phi) is 9.26. The molecule has 1 rings (SSSR count). The summed E-state index contributed by atoms with van der Waals surface area (Å²) in [6.45, 7) is -0.101. The molecule has 5 N–H and O–H groups in total. The number of carboxylic acids is 2. The topological polar surface area (TPSA) is 171 Å². The highest BCUT2D eigenvalue weighted by Gasteiger charge is 2.37. The number of aliphatic hydroxyl groups is 3. The molecule has 0 aromatic carbocycles. The molecule has 140 valence electrons. The molecule has 4 unspecified atom stereocenters. The normalized spacial score (nSPS) is 25.5. The first kappa shape index (κ1) is 22.1. The fraction of sp³-hybridized carbons (Fsp3) is 0.786. The van der Waals surface area contributed by atoms with Crippen LogP contribution in [0.3, 0.4) is 0 Å². The molecular formula is C14H24O10. The van der Waals surface area contributed by atoms with Crippen molar-refractivity contribution >= 4 is 18.1 Å². The maximum atomic E-state index is 11.5. The second-order valence-electron chi connectivity index (χ2n) is 5.63. The van der Waals surface area contributed by atoms with Crippen LogP contribution in [0.5, 0.6) is 0 Å². The minimum Gasteiger partial charge on any atom is -0.481 e. The van der Waals surface area contributed by atoms with Crippen LogP contribution in [-0.4, -0.2) is 76.2 Å². The third kappa shape index (κ3) is 6.30. The Morgan fingerprint density at radius 1 is 1.17 bits per heavy atom. The smallest absolute Gasteiger partial charge is 0.481 e. The van der Waals surface area contributed by atoms with E-state index in [0.717, 1.165) is 7.11 Å². The summed E-state index contributed by atoms with van der Waals surface area (Å²) in [5.41, 5.74) is -1.64. The molecule has 1 aliphatic carbocycles. The molecule has 1 saturated carbocycles. The lowest BCUT2D eigenvalue weighted by molar-refractivity contribution is -0.154. The summed E-state index contributed by atoms with van der Waals surface area (Å²) in [4.78, 5) is 33.2. The molecule has 0 bridgehead atoms. The summed E-state index contributed by atoms with van der Waals surface area (Å²) in [7, 11) is 1.00. The van der Waals surface area contributed by atoms with Gasteiger partial charge in [0.2, 0.25) is 0 Å². The Morgan fingerprint density at radius 2 is 1.75 bits per heavy atom. The van der Waals surface area contributed by atoms with Crippen molar-refractivity contribution in [3.8, 4) is 0 Å². The Labute approximate surface area is 138 Å². The molecule has 0 amide bonds. The van der Waals surface area contributed by atoms with Crippen LogP contribution >= 0.6 is 0 Å². The van der Waals surface area contributed by atoms with Crippen LogP contribution in [0.15, 0.2) is 0 Å². The van der Waals surface area contributed by atoms with Crippen molar-refractivity contribution in [3.05, 3.63) is 0 Å². The van der Waals surface area contributed by atoms with Gasteiger partial charge in [-0.05, 0) is 26.2 Å². The summed E-state index contributed by atoms with van der Waals surface area (Å²) in [5.74, 6) is -3.03. The molecule has 0 spiro atoms. The molecule has 1 fully saturated rings. The highest BCUT2D eigenvalue weighted by Crippen LogP contribution is 2.27. The van der Waals surface area contributed by atoms with Gasteiger partial charge in [0, 0.05) is 7.11 Å². The van der Waals surface area contributed by atoms with Crippen molar-refractivity contribution < 1.29 is 49.4 Å². The van der Waals surface area contributed by atoms with Gasteiger partial charge in [-0.3, -0.25) is 9.59 Å². The first-order chi connectivity index (χ1) is 11.2. The predicted molar refractivity (Wildman–Crippen MR) is 78.2 cm³/mol. The molecule has 1 aliphatic rings. The monoisotopic (exact) mass is 352 g/mol. The van der Waals surface area contributed by atoms with E-state index >= 15 is 0 Å². The second-order valence-corrected chi connectivity index (χ2v) is 5.63. The molecule has 4 atom stereocenters. The van der Waals surface area contributed by atoms with E-state index in [4.69, 9.17) is 25.2 Å².